The minimum Gasteiger partial charge on any atom is -0.267 e. The van der Waals surface area contributed by atoms with E-state index in [4.69, 9.17) is 0 Å². The number of nitrogens with zero attached hydrogens (tertiary/aromatic N) is 4. The number of hydrogen-bond donors (Lipinski definition) is 0. The Morgan fingerprint density at radius 3 is 2.55 bits per heavy atom. The van der Waals surface area contributed by atoms with Crippen LogP contribution in [0.2, 0.25) is 0 Å². The van der Waals surface area contributed by atoms with Crippen molar-refractivity contribution < 1.29 is 4.92 Å². The number of benzene rings is 3. The maximum absolute atomic E-state index is 12.7. The van der Waals surface area contributed by atoms with E-state index in [0.29, 0.717) is 27.2 Å². The van der Waals surface area contributed by atoms with E-state index in [-0.39, 0.29) is 11.2 Å². The average Bonchev–Trinajstić information content (AvgIpc) is 2.76. The lowest BCUT2D eigenvalue weighted by Gasteiger charge is -2.06. The molecule has 0 N–H and O–H groups in total. The lowest BCUT2D eigenvalue weighted by atomic mass is 10.2. The van der Waals surface area contributed by atoms with Crippen LogP contribution >= 0.6 is 11.8 Å². The normalized spacial score (nSPS) is 11.3. The second-order valence-electron chi connectivity index (χ2n) is 6.94. The maximum atomic E-state index is 12.7. The summed E-state index contributed by atoms with van der Waals surface area (Å²) in [6, 6.07) is 19.7. The minimum atomic E-state index is -0.414. The molecule has 0 saturated heterocycles. The van der Waals surface area contributed by atoms with Crippen LogP contribution in [0, 0.1) is 24.0 Å². The van der Waals surface area contributed by atoms with Gasteiger partial charge in [0.05, 0.1) is 26.9 Å². The first-order valence-corrected chi connectivity index (χ1v) is 10.3. The number of nitro benzene ring substituents is 1. The molecule has 0 unspecified atom stereocenters. The maximum Gasteiger partial charge on any atom is 0.283 e. The number of rotatable bonds is 5. The summed E-state index contributed by atoms with van der Waals surface area (Å²) in [6.45, 7) is 3.68. The largest absolute Gasteiger partial charge is 0.283 e. The van der Waals surface area contributed by atoms with Crippen molar-refractivity contribution in [2.24, 2.45) is 5.10 Å². The Hall–Kier alpha value is -3.78. The molecular weight excluding hydrogens is 412 g/mol. The predicted molar refractivity (Wildman–Crippen MR) is 122 cm³/mol. The molecule has 0 aliphatic heterocycles. The van der Waals surface area contributed by atoms with Crippen LogP contribution in [0.4, 0.5) is 5.69 Å². The molecular formula is C23H18N4O3S. The van der Waals surface area contributed by atoms with Crippen LogP contribution in [0.25, 0.3) is 10.9 Å². The van der Waals surface area contributed by atoms with Gasteiger partial charge in [-0.1, -0.05) is 47.7 Å². The third-order valence-electron chi connectivity index (χ3n) is 4.67. The van der Waals surface area contributed by atoms with Crippen molar-refractivity contribution in [3.63, 3.8) is 0 Å². The van der Waals surface area contributed by atoms with E-state index >= 15 is 0 Å². The third kappa shape index (κ3) is 4.39. The monoisotopic (exact) mass is 430 g/mol. The van der Waals surface area contributed by atoms with Crippen molar-refractivity contribution in [3.8, 4) is 0 Å². The van der Waals surface area contributed by atoms with E-state index in [1.54, 1.807) is 37.3 Å². The van der Waals surface area contributed by atoms with Gasteiger partial charge < -0.3 is 0 Å². The number of aromatic nitrogens is 2. The summed E-state index contributed by atoms with van der Waals surface area (Å²) in [5, 5.41) is 16.3. The molecule has 0 fully saturated rings. The van der Waals surface area contributed by atoms with E-state index in [2.05, 4.69) is 10.1 Å². The third-order valence-corrected chi connectivity index (χ3v) is 5.74. The van der Waals surface area contributed by atoms with Crippen molar-refractivity contribution in [3.05, 3.63) is 104 Å². The second kappa shape index (κ2) is 8.53. The molecule has 1 aromatic heterocycles. The van der Waals surface area contributed by atoms with Gasteiger partial charge in [-0.3, -0.25) is 14.9 Å². The first-order valence-electron chi connectivity index (χ1n) is 9.48. The van der Waals surface area contributed by atoms with Gasteiger partial charge in [0.25, 0.3) is 11.2 Å². The van der Waals surface area contributed by atoms with Gasteiger partial charge in [-0.15, -0.1) is 0 Å². The van der Waals surface area contributed by atoms with Crippen LogP contribution in [0.5, 0.6) is 0 Å². The zero-order chi connectivity index (χ0) is 22.0. The molecule has 0 aliphatic rings. The Morgan fingerprint density at radius 1 is 1.06 bits per heavy atom. The van der Waals surface area contributed by atoms with E-state index in [1.807, 2.05) is 37.3 Å². The predicted octanol–water partition coefficient (Wildman–Crippen LogP) is 4.95. The minimum absolute atomic E-state index is 0.0183. The number of nitro groups is 1. The van der Waals surface area contributed by atoms with Gasteiger partial charge in [0.2, 0.25) is 0 Å². The zero-order valence-corrected chi connectivity index (χ0v) is 17.7. The van der Waals surface area contributed by atoms with E-state index in [1.165, 1.54) is 28.7 Å². The van der Waals surface area contributed by atoms with Gasteiger partial charge in [0.1, 0.15) is 5.82 Å². The number of hydrogen-bond acceptors (Lipinski definition) is 6. The smallest absolute Gasteiger partial charge is 0.267 e. The van der Waals surface area contributed by atoms with Crippen LogP contribution in [-0.2, 0) is 0 Å². The molecule has 0 radical (unpaired) electrons. The van der Waals surface area contributed by atoms with Crippen molar-refractivity contribution in [2.45, 2.75) is 23.6 Å². The Morgan fingerprint density at radius 2 is 1.81 bits per heavy atom. The first-order chi connectivity index (χ1) is 14.9. The Kier molecular flexibility index (Phi) is 5.64. The fraction of sp³-hybridized carbons (Fsp3) is 0.0870. The average molecular weight is 430 g/mol. The highest BCUT2D eigenvalue weighted by atomic mass is 32.2. The first kappa shape index (κ1) is 20.5. The molecule has 3 aromatic carbocycles. The standard InChI is InChI=1S/C23H18N4O3S/c1-15-7-10-18(11-8-15)31-22-12-9-17(13-21(22)27(29)30)14-24-26-16(2)25-20-6-4-3-5-19(20)23(26)28/h3-14H,1-2H3/b24-14+. The highest BCUT2D eigenvalue weighted by Gasteiger charge is 2.16. The summed E-state index contributed by atoms with van der Waals surface area (Å²) in [5.74, 6) is 0.431. The Balaban J connectivity index is 1.68. The van der Waals surface area contributed by atoms with Crippen molar-refractivity contribution in [2.75, 3.05) is 0 Å². The Bertz CT molecular complexity index is 1380. The van der Waals surface area contributed by atoms with Crippen molar-refractivity contribution in [1.82, 2.24) is 9.66 Å². The molecule has 4 aromatic rings. The van der Waals surface area contributed by atoms with Gasteiger partial charge in [-0.25, -0.2) is 4.98 Å². The fourth-order valence-corrected chi connectivity index (χ4v) is 3.97. The van der Waals surface area contributed by atoms with Crippen LogP contribution in [-0.4, -0.2) is 20.8 Å². The molecule has 0 bridgehead atoms. The van der Waals surface area contributed by atoms with Gasteiger partial charge in [0, 0.05) is 16.5 Å². The molecule has 0 spiro atoms. The number of fused-ring (bicyclic) bond motifs is 1. The molecule has 7 nitrogen and oxygen atoms in total. The van der Waals surface area contributed by atoms with E-state index in [9.17, 15) is 14.9 Å². The fourth-order valence-electron chi connectivity index (χ4n) is 3.07. The van der Waals surface area contributed by atoms with Crippen LogP contribution in [0.1, 0.15) is 17.0 Å². The summed E-state index contributed by atoms with van der Waals surface area (Å²) < 4.78 is 1.20. The summed E-state index contributed by atoms with van der Waals surface area (Å²) in [4.78, 5) is 29.8. The van der Waals surface area contributed by atoms with Crippen molar-refractivity contribution >= 4 is 34.6 Å². The molecule has 1 heterocycles. The molecule has 0 amide bonds. The van der Waals surface area contributed by atoms with Gasteiger partial charge in [0.15, 0.2) is 0 Å². The van der Waals surface area contributed by atoms with Crippen LogP contribution < -0.4 is 5.56 Å². The zero-order valence-electron chi connectivity index (χ0n) is 16.9. The van der Waals surface area contributed by atoms with Crippen molar-refractivity contribution in [1.29, 1.82) is 0 Å². The highest BCUT2D eigenvalue weighted by molar-refractivity contribution is 7.99. The molecule has 0 atom stereocenters. The van der Waals surface area contributed by atoms with Gasteiger partial charge >= 0.3 is 0 Å². The SMILES string of the molecule is Cc1ccc(Sc2ccc(/C=N/n3c(C)nc4ccccc4c3=O)cc2[N+](=O)[O-])cc1. The number of aryl methyl sites for hydroxylation is 2. The summed E-state index contributed by atoms with van der Waals surface area (Å²) >= 11 is 1.33. The topological polar surface area (TPSA) is 90.4 Å². The molecule has 154 valence electrons. The lowest BCUT2D eigenvalue weighted by Crippen LogP contribution is -2.20. The molecule has 0 saturated carbocycles. The summed E-state index contributed by atoms with van der Waals surface area (Å²) in [5.41, 5.74) is 1.93. The molecule has 0 aliphatic carbocycles. The Labute approximate surface area is 182 Å². The summed E-state index contributed by atoms with van der Waals surface area (Å²) in [6.07, 6.45) is 1.43. The quantitative estimate of drug-likeness (QED) is 0.254. The van der Waals surface area contributed by atoms with E-state index in [0.717, 1.165) is 10.5 Å². The lowest BCUT2D eigenvalue weighted by molar-refractivity contribution is -0.387. The summed E-state index contributed by atoms with van der Waals surface area (Å²) in [7, 11) is 0. The molecule has 8 heteroatoms. The molecule has 31 heavy (non-hydrogen) atoms. The molecule has 4 rings (SSSR count). The number of para-hydroxylation sites is 1. The highest BCUT2D eigenvalue weighted by Crippen LogP contribution is 2.35. The van der Waals surface area contributed by atoms with E-state index < -0.39 is 4.92 Å². The second-order valence-corrected chi connectivity index (χ2v) is 8.05. The van der Waals surface area contributed by atoms with Crippen LogP contribution in [0.3, 0.4) is 0 Å². The van der Waals surface area contributed by atoms with Gasteiger partial charge in [-0.05, 0) is 44.2 Å². The van der Waals surface area contributed by atoms with Crippen LogP contribution in [0.15, 0.2) is 86.4 Å². The van der Waals surface area contributed by atoms with Gasteiger partial charge in [-0.2, -0.15) is 9.78 Å².